The van der Waals surface area contributed by atoms with Crippen molar-refractivity contribution in [2.24, 2.45) is 0 Å². The van der Waals surface area contributed by atoms with Gasteiger partial charge in [-0.15, -0.1) is 0 Å². The SMILES string of the molecule is Cc1cc2cc3cc(C)[se]c3cc2s1. The molecular formula is C12H10SSe. The van der Waals surface area contributed by atoms with Gasteiger partial charge in [0.25, 0.3) is 0 Å². The Balaban J connectivity index is 2.49. The van der Waals surface area contributed by atoms with Gasteiger partial charge in [-0.3, -0.25) is 0 Å². The molecule has 0 bridgehead atoms. The number of aryl methyl sites for hydroxylation is 2. The van der Waals surface area contributed by atoms with Crippen LogP contribution in [0.4, 0.5) is 0 Å². The molecule has 0 fully saturated rings. The molecule has 2 heteroatoms. The Kier molecular flexibility index (Phi) is 1.85. The fraction of sp³-hybridized carbons (Fsp3) is 0.167. The van der Waals surface area contributed by atoms with Crippen LogP contribution < -0.4 is 0 Å². The first kappa shape index (κ1) is 8.72. The Morgan fingerprint density at radius 3 is 2.71 bits per heavy atom. The van der Waals surface area contributed by atoms with Crippen LogP contribution in [0.3, 0.4) is 0 Å². The third-order valence-corrected chi connectivity index (χ3v) is 5.54. The van der Waals surface area contributed by atoms with Crippen molar-refractivity contribution in [1.82, 2.24) is 0 Å². The molecule has 70 valence electrons. The average molecular weight is 265 g/mol. The van der Waals surface area contributed by atoms with Crippen molar-refractivity contribution in [3.05, 3.63) is 33.6 Å². The summed E-state index contributed by atoms with van der Waals surface area (Å²) >= 11 is 2.49. The minimum absolute atomic E-state index is 0.585. The van der Waals surface area contributed by atoms with Crippen LogP contribution in [-0.2, 0) is 0 Å². The fourth-order valence-corrected chi connectivity index (χ4v) is 4.94. The van der Waals surface area contributed by atoms with Crippen LogP contribution in [0.25, 0.3) is 19.7 Å². The molecule has 0 N–H and O–H groups in total. The molecular weight excluding hydrogens is 255 g/mol. The van der Waals surface area contributed by atoms with E-state index >= 15 is 0 Å². The molecule has 1 aromatic carbocycles. The molecule has 0 unspecified atom stereocenters. The fourth-order valence-electron chi connectivity index (χ4n) is 1.84. The number of hydrogen-bond acceptors (Lipinski definition) is 1. The van der Waals surface area contributed by atoms with Crippen molar-refractivity contribution in [3.8, 4) is 0 Å². The van der Waals surface area contributed by atoms with E-state index in [1.54, 1.807) is 8.70 Å². The van der Waals surface area contributed by atoms with E-state index in [0.717, 1.165) is 0 Å². The first-order valence-electron chi connectivity index (χ1n) is 4.63. The molecule has 0 aliphatic rings. The number of benzene rings is 1. The van der Waals surface area contributed by atoms with Crippen LogP contribution in [0.5, 0.6) is 0 Å². The van der Waals surface area contributed by atoms with E-state index in [2.05, 4.69) is 38.1 Å². The molecule has 3 rings (SSSR count). The van der Waals surface area contributed by atoms with Gasteiger partial charge >= 0.3 is 93.0 Å². The maximum absolute atomic E-state index is 2.38. The minimum atomic E-state index is 0.585. The number of rotatable bonds is 0. The number of fused-ring (bicyclic) bond motifs is 2. The quantitative estimate of drug-likeness (QED) is 0.543. The molecule has 3 aromatic rings. The van der Waals surface area contributed by atoms with Gasteiger partial charge in [0.2, 0.25) is 0 Å². The van der Waals surface area contributed by atoms with Gasteiger partial charge in [-0.1, -0.05) is 0 Å². The van der Waals surface area contributed by atoms with Gasteiger partial charge in [0.05, 0.1) is 0 Å². The van der Waals surface area contributed by atoms with Crippen molar-refractivity contribution in [1.29, 1.82) is 0 Å². The Morgan fingerprint density at radius 2 is 1.86 bits per heavy atom. The molecule has 0 aliphatic carbocycles. The van der Waals surface area contributed by atoms with Gasteiger partial charge in [-0.2, -0.15) is 0 Å². The normalized spacial score (nSPS) is 11.6. The summed E-state index contributed by atoms with van der Waals surface area (Å²) < 4.78 is 4.55. The first-order chi connectivity index (χ1) is 6.72. The molecule has 0 atom stereocenters. The molecule has 0 saturated carbocycles. The second-order valence-corrected chi connectivity index (χ2v) is 7.63. The summed E-state index contributed by atoms with van der Waals surface area (Å²) in [6.45, 7) is 4.42. The Morgan fingerprint density at radius 1 is 1.00 bits per heavy atom. The Hall–Kier alpha value is -0.561. The van der Waals surface area contributed by atoms with Gasteiger partial charge in [0.1, 0.15) is 0 Å². The second-order valence-electron chi connectivity index (χ2n) is 3.64. The first-order valence-corrected chi connectivity index (χ1v) is 7.16. The van der Waals surface area contributed by atoms with E-state index in [1.807, 2.05) is 11.3 Å². The summed E-state index contributed by atoms with van der Waals surface area (Å²) in [6, 6.07) is 9.35. The zero-order chi connectivity index (χ0) is 9.71. The zero-order valence-corrected chi connectivity index (χ0v) is 10.7. The number of thiophene rings is 1. The van der Waals surface area contributed by atoms with Crippen LogP contribution >= 0.6 is 11.3 Å². The van der Waals surface area contributed by atoms with Crippen molar-refractivity contribution in [2.45, 2.75) is 13.8 Å². The Bertz CT molecular complexity index is 513. The van der Waals surface area contributed by atoms with E-state index in [9.17, 15) is 0 Å². The molecule has 0 amide bonds. The van der Waals surface area contributed by atoms with Gasteiger partial charge in [-0.05, 0) is 0 Å². The second kappa shape index (κ2) is 2.96. The summed E-state index contributed by atoms with van der Waals surface area (Å²) in [5, 5.41) is 2.86. The van der Waals surface area contributed by atoms with Gasteiger partial charge in [-0.25, -0.2) is 0 Å². The van der Waals surface area contributed by atoms with Crippen molar-refractivity contribution >= 4 is 45.6 Å². The summed E-state index contributed by atoms with van der Waals surface area (Å²) in [5.74, 6) is 0. The van der Waals surface area contributed by atoms with Crippen LogP contribution in [0.2, 0.25) is 0 Å². The summed E-state index contributed by atoms with van der Waals surface area (Å²) in [6.07, 6.45) is 0. The molecule has 14 heavy (non-hydrogen) atoms. The molecule has 0 aliphatic heterocycles. The average Bonchev–Trinajstić information content (AvgIpc) is 2.59. The topological polar surface area (TPSA) is 0 Å². The van der Waals surface area contributed by atoms with Gasteiger partial charge < -0.3 is 0 Å². The molecule has 2 heterocycles. The summed E-state index contributed by atoms with van der Waals surface area (Å²) in [4.78, 5) is 1.41. The van der Waals surface area contributed by atoms with Crippen molar-refractivity contribution in [2.75, 3.05) is 0 Å². The van der Waals surface area contributed by atoms with Crippen LogP contribution in [0, 0.1) is 13.8 Å². The van der Waals surface area contributed by atoms with Gasteiger partial charge in [0.15, 0.2) is 0 Å². The molecule has 0 radical (unpaired) electrons. The number of hydrogen-bond donors (Lipinski definition) is 0. The molecule has 2 aromatic heterocycles. The molecule has 0 nitrogen and oxygen atoms in total. The van der Waals surface area contributed by atoms with E-state index < -0.39 is 0 Å². The van der Waals surface area contributed by atoms with E-state index in [1.165, 1.54) is 20.3 Å². The maximum atomic E-state index is 2.38. The van der Waals surface area contributed by atoms with Crippen molar-refractivity contribution in [3.63, 3.8) is 0 Å². The predicted molar refractivity (Wildman–Crippen MR) is 65.7 cm³/mol. The predicted octanol–water partition coefficient (Wildman–Crippen LogP) is 3.73. The zero-order valence-electron chi connectivity index (χ0n) is 8.13. The van der Waals surface area contributed by atoms with Crippen LogP contribution in [0.1, 0.15) is 9.31 Å². The van der Waals surface area contributed by atoms with E-state index in [-0.39, 0.29) is 0 Å². The van der Waals surface area contributed by atoms with E-state index in [4.69, 9.17) is 0 Å². The third kappa shape index (κ3) is 1.26. The van der Waals surface area contributed by atoms with Crippen LogP contribution in [-0.4, -0.2) is 14.5 Å². The van der Waals surface area contributed by atoms with Gasteiger partial charge in [0, 0.05) is 0 Å². The summed E-state index contributed by atoms with van der Waals surface area (Å²) in [5.41, 5.74) is 0. The third-order valence-electron chi connectivity index (χ3n) is 2.40. The van der Waals surface area contributed by atoms with Crippen molar-refractivity contribution < 1.29 is 0 Å². The summed E-state index contributed by atoms with van der Waals surface area (Å²) in [7, 11) is 0. The monoisotopic (exact) mass is 266 g/mol. The van der Waals surface area contributed by atoms with Crippen LogP contribution in [0.15, 0.2) is 24.3 Å². The Labute approximate surface area is 92.9 Å². The molecule has 0 saturated heterocycles. The molecule has 0 spiro atoms. The van der Waals surface area contributed by atoms with E-state index in [0.29, 0.717) is 14.5 Å². The standard InChI is InChI=1S/C12H10SSe/c1-7-3-9-5-10-4-8(2)14-12(10)6-11(9)13-7/h3-6H,1-2H3.